The van der Waals surface area contributed by atoms with Crippen LogP contribution in [-0.2, 0) is 21.2 Å². The number of sulfonamides is 1. The largest absolute Gasteiger partial charge is 0.330 e. The third-order valence-corrected chi connectivity index (χ3v) is 8.56. The Bertz CT molecular complexity index is 1210. The monoisotopic (exact) mass is 486 g/mol. The number of hydrogen-bond acceptors (Lipinski definition) is 4. The van der Waals surface area contributed by atoms with Crippen LogP contribution in [0.2, 0.25) is 0 Å². The number of amides is 1. The number of halogens is 1. The zero-order valence-electron chi connectivity index (χ0n) is 18.6. The summed E-state index contributed by atoms with van der Waals surface area (Å²) in [7, 11) is -3.96. The summed E-state index contributed by atoms with van der Waals surface area (Å²) in [6.07, 6.45) is 0.747. The number of carbonyl (C=O) groups is 1. The molecule has 0 N–H and O–H groups in total. The number of benzene rings is 2. The van der Waals surface area contributed by atoms with Crippen molar-refractivity contribution in [3.8, 4) is 0 Å². The van der Waals surface area contributed by atoms with Gasteiger partial charge in [0.2, 0.25) is 15.9 Å². The van der Waals surface area contributed by atoms with Gasteiger partial charge in [0.1, 0.15) is 5.82 Å². The minimum Gasteiger partial charge on any atom is -0.330 e. The van der Waals surface area contributed by atoms with E-state index in [1.807, 2.05) is 49.6 Å². The number of rotatable bonds is 7. The van der Waals surface area contributed by atoms with Gasteiger partial charge in [-0.25, -0.2) is 12.8 Å². The molecule has 2 heterocycles. The van der Waals surface area contributed by atoms with E-state index in [0.29, 0.717) is 6.54 Å². The summed E-state index contributed by atoms with van der Waals surface area (Å²) < 4.78 is 41.3. The fourth-order valence-corrected chi connectivity index (χ4v) is 6.69. The van der Waals surface area contributed by atoms with Crippen LogP contribution in [0.1, 0.15) is 35.9 Å². The SMILES string of the molecule is CC(C)CN(CC(=O)N1CCc2sccc2C1c1ccccc1)S(=O)(=O)c1ccc(F)cc1. The highest BCUT2D eigenvalue weighted by molar-refractivity contribution is 7.89. The third kappa shape index (κ3) is 5.03. The molecule has 0 bridgehead atoms. The first-order chi connectivity index (χ1) is 15.8. The van der Waals surface area contributed by atoms with Gasteiger partial charge in [0, 0.05) is 18.0 Å². The van der Waals surface area contributed by atoms with Gasteiger partial charge in [-0.1, -0.05) is 44.2 Å². The van der Waals surface area contributed by atoms with Crippen molar-refractivity contribution in [2.24, 2.45) is 5.92 Å². The molecular weight excluding hydrogens is 459 g/mol. The van der Waals surface area contributed by atoms with Crippen LogP contribution in [0.5, 0.6) is 0 Å². The van der Waals surface area contributed by atoms with Crippen molar-refractivity contribution in [1.82, 2.24) is 9.21 Å². The van der Waals surface area contributed by atoms with E-state index >= 15 is 0 Å². The van der Waals surface area contributed by atoms with Gasteiger partial charge in [-0.15, -0.1) is 11.3 Å². The molecule has 0 fully saturated rings. The highest BCUT2D eigenvalue weighted by Gasteiger charge is 2.35. The van der Waals surface area contributed by atoms with Gasteiger partial charge in [0.15, 0.2) is 0 Å². The van der Waals surface area contributed by atoms with Gasteiger partial charge < -0.3 is 4.90 Å². The maximum Gasteiger partial charge on any atom is 0.243 e. The van der Waals surface area contributed by atoms with E-state index in [2.05, 4.69) is 6.07 Å². The Kier molecular flexibility index (Phi) is 6.97. The second kappa shape index (κ2) is 9.75. The first kappa shape index (κ1) is 23.6. The molecule has 0 spiro atoms. The molecule has 1 aliphatic heterocycles. The van der Waals surface area contributed by atoms with E-state index in [9.17, 15) is 17.6 Å². The van der Waals surface area contributed by atoms with Crippen LogP contribution in [0.4, 0.5) is 4.39 Å². The number of carbonyl (C=O) groups excluding carboxylic acids is 1. The lowest BCUT2D eigenvalue weighted by Crippen LogP contribution is -2.47. The quantitative estimate of drug-likeness (QED) is 0.486. The summed E-state index contributed by atoms with van der Waals surface area (Å²) in [6, 6.07) is 16.4. The first-order valence-electron chi connectivity index (χ1n) is 10.9. The van der Waals surface area contributed by atoms with E-state index in [1.54, 1.807) is 16.2 Å². The van der Waals surface area contributed by atoms with E-state index < -0.39 is 15.8 Å². The maximum absolute atomic E-state index is 13.6. The van der Waals surface area contributed by atoms with Gasteiger partial charge in [-0.2, -0.15) is 4.31 Å². The topological polar surface area (TPSA) is 57.7 Å². The van der Waals surface area contributed by atoms with E-state index in [-0.39, 0.29) is 35.9 Å². The summed E-state index contributed by atoms with van der Waals surface area (Å²) in [6.45, 7) is 4.27. The average Bonchev–Trinajstić information content (AvgIpc) is 3.27. The smallest absolute Gasteiger partial charge is 0.243 e. The highest BCUT2D eigenvalue weighted by Crippen LogP contribution is 2.38. The molecule has 1 amide bonds. The molecule has 1 atom stereocenters. The van der Waals surface area contributed by atoms with Gasteiger partial charge in [-0.3, -0.25) is 4.79 Å². The summed E-state index contributed by atoms with van der Waals surface area (Å²) in [5.41, 5.74) is 2.10. The van der Waals surface area contributed by atoms with Gasteiger partial charge in [-0.05, 0) is 59.2 Å². The predicted molar refractivity (Wildman–Crippen MR) is 128 cm³/mol. The molecule has 8 heteroatoms. The summed E-state index contributed by atoms with van der Waals surface area (Å²) >= 11 is 1.69. The minimum atomic E-state index is -3.96. The molecule has 0 saturated carbocycles. The van der Waals surface area contributed by atoms with Crippen LogP contribution >= 0.6 is 11.3 Å². The fraction of sp³-hybridized carbons (Fsp3) is 0.320. The van der Waals surface area contributed by atoms with Crippen molar-refractivity contribution >= 4 is 27.3 Å². The Morgan fingerprint density at radius 1 is 1.12 bits per heavy atom. The number of hydrogen-bond donors (Lipinski definition) is 0. The molecule has 1 unspecified atom stereocenters. The molecule has 3 aromatic rings. The lowest BCUT2D eigenvalue weighted by Gasteiger charge is -2.37. The Labute approximate surface area is 198 Å². The molecule has 5 nitrogen and oxygen atoms in total. The van der Waals surface area contributed by atoms with Crippen molar-refractivity contribution in [3.63, 3.8) is 0 Å². The minimum absolute atomic E-state index is 0.0165. The third-order valence-electron chi connectivity index (χ3n) is 5.73. The zero-order valence-corrected chi connectivity index (χ0v) is 20.3. The second-order valence-corrected chi connectivity index (χ2v) is 11.5. The molecule has 33 heavy (non-hydrogen) atoms. The van der Waals surface area contributed by atoms with Crippen molar-refractivity contribution in [1.29, 1.82) is 0 Å². The molecule has 0 radical (unpaired) electrons. The standard InChI is InChI=1S/C25H27FN2O3S2/c1-18(2)16-27(33(30,31)21-10-8-20(26)9-11-21)17-24(29)28-14-12-23-22(13-15-32-23)25(28)19-6-4-3-5-7-19/h3-11,13,15,18,25H,12,14,16-17H2,1-2H3. The van der Waals surface area contributed by atoms with Crippen LogP contribution in [-0.4, -0.2) is 43.2 Å². The van der Waals surface area contributed by atoms with Crippen LogP contribution in [0.25, 0.3) is 0 Å². The van der Waals surface area contributed by atoms with Crippen LogP contribution in [0.3, 0.4) is 0 Å². The van der Waals surface area contributed by atoms with Crippen LogP contribution in [0, 0.1) is 11.7 Å². The van der Waals surface area contributed by atoms with Crippen molar-refractivity contribution in [3.05, 3.63) is 87.9 Å². The van der Waals surface area contributed by atoms with Crippen LogP contribution < -0.4 is 0 Å². The van der Waals surface area contributed by atoms with Crippen molar-refractivity contribution in [2.75, 3.05) is 19.6 Å². The first-order valence-corrected chi connectivity index (χ1v) is 13.3. The van der Waals surface area contributed by atoms with Crippen LogP contribution in [0.15, 0.2) is 70.9 Å². The second-order valence-electron chi connectivity index (χ2n) is 8.59. The van der Waals surface area contributed by atoms with Gasteiger partial charge >= 0.3 is 0 Å². The molecule has 174 valence electrons. The molecule has 1 aromatic heterocycles. The summed E-state index contributed by atoms with van der Waals surface area (Å²) in [5, 5.41) is 2.04. The molecule has 0 aliphatic carbocycles. The Morgan fingerprint density at radius 2 is 1.82 bits per heavy atom. The molecule has 4 rings (SSSR count). The normalized spacial score (nSPS) is 16.3. The van der Waals surface area contributed by atoms with E-state index in [1.165, 1.54) is 21.3 Å². The van der Waals surface area contributed by atoms with Gasteiger partial charge in [0.05, 0.1) is 17.5 Å². The number of thiophene rings is 1. The lowest BCUT2D eigenvalue weighted by atomic mass is 9.93. The average molecular weight is 487 g/mol. The number of nitrogens with zero attached hydrogens (tertiary/aromatic N) is 2. The molecule has 2 aromatic carbocycles. The summed E-state index contributed by atoms with van der Waals surface area (Å²) in [5.74, 6) is -0.735. The van der Waals surface area contributed by atoms with E-state index in [4.69, 9.17) is 0 Å². The zero-order chi connectivity index (χ0) is 23.6. The van der Waals surface area contributed by atoms with Crippen molar-refractivity contribution in [2.45, 2.75) is 31.2 Å². The Hall–Kier alpha value is -2.55. The molecule has 1 aliphatic rings. The highest BCUT2D eigenvalue weighted by atomic mass is 32.2. The molecule has 0 saturated heterocycles. The van der Waals surface area contributed by atoms with Crippen molar-refractivity contribution < 1.29 is 17.6 Å². The maximum atomic E-state index is 13.6. The lowest BCUT2D eigenvalue weighted by molar-refractivity contribution is -0.133. The van der Waals surface area contributed by atoms with E-state index in [0.717, 1.165) is 29.7 Å². The Balaban J connectivity index is 1.65. The molecular formula is C25H27FN2O3S2. The summed E-state index contributed by atoms with van der Waals surface area (Å²) in [4.78, 5) is 16.6. The van der Waals surface area contributed by atoms with Gasteiger partial charge in [0.25, 0.3) is 0 Å². The Morgan fingerprint density at radius 3 is 2.48 bits per heavy atom. The predicted octanol–water partition coefficient (Wildman–Crippen LogP) is 4.71. The number of fused-ring (bicyclic) bond motifs is 1. The fourth-order valence-electron chi connectivity index (χ4n) is 4.23.